The van der Waals surface area contributed by atoms with Gasteiger partial charge in [-0.3, -0.25) is 14.9 Å². The molecule has 0 spiro atoms. The van der Waals surface area contributed by atoms with E-state index in [0.29, 0.717) is 11.1 Å². The van der Waals surface area contributed by atoms with Crippen molar-refractivity contribution in [1.82, 2.24) is 5.32 Å². The maximum atomic E-state index is 13.0. The van der Waals surface area contributed by atoms with Crippen LogP contribution in [0.2, 0.25) is 0 Å². The van der Waals surface area contributed by atoms with E-state index < -0.39 is 0 Å². The monoisotopic (exact) mass is 219 g/mol. The molecule has 1 aromatic carbocycles. The van der Waals surface area contributed by atoms with Crippen LogP contribution < -0.4 is 5.32 Å². The van der Waals surface area contributed by atoms with E-state index in [1.54, 1.807) is 25.1 Å². The predicted molar refractivity (Wildman–Crippen MR) is 56.9 cm³/mol. The van der Waals surface area contributed by atoms with Crippen molar-refractivity contribution in [2.45, 2.75) is 13.3 Å². The summed E-state index contributed by atoms with van der Waals surface area (Å²) in [7, 11) is 0. The Morgan fingerprint density at radius 1 is 1.38 bits per heavy atom. The molecule has 1 aliphatic rings. The summed E-state index contributed by atoms with van der Waals surface area (Å²) in [4.78, 5) is 22.2. The average molecular weight is 219 g/mol. The fourth-order valence-corrected chi connectivity index (χ4v) is 1.58. The summed E-state index contributed by atoms with van der Waals surface area (Å²) in [5.41, 5.74) is 1.65. The SMILES string of the molecule is Cc1cc(C=C2CC(=O)NC2=O)ccc1F. The van der Waals surface area contributed by atoms with Gasteiger partial charge in [-0.1, -0.05) is 6.07 Å². The molecule has 16 heavy (non-hydrogen) atoms. The van der Waals surface area contributed by atoms with Crippen molar-refractivity contribution in [2.24, 2.45) is 0 Å². The van der Waals surface area contributed by atoms with Gasteiger partial charge in [0.05, 0.1) is 6.42 Å². The van der Waals surface area contributed by atoms with Crippen LogP contribution in [0.4, 0.5) is 4.39 Å². The second-order valence-corrected chi connectivity index (χ2v) is 3.73. The van der Waals surface area contributed by atoms with Gasteiger partial charge in [-0.15, -0.1) is 0 Å². The standard InChI is InChI=1S/C12H10FNO2/c1-7-4-8(2-3-10(7)13)5-9-6-11(15)14-12(9)16/h2-5H,6H2,1H3,(H,14,15,16). The molecule has 0 saturated carbocycles. The van der Waals surface area contributed by atoms with Crippen molar-refractivity contribution in [1.29, 1.82) is 0 Å². The minimum Gasteiger partial charge on any atom is -0.292 e. The van der Waals surface area contributed by atoms with Crippen LogP contribution >= 0.6 is 0 Å². The molecule has 1 saturated heterocycles. The summed E-state index contributed by atoms with van der Waals surface area (Å²) in [5, 5.41) is 2.19. The van der Waals surface area contributed by atoms with Gasteiger partial charge < -0.3 is 0 Å². The van der Waals surface area contributed by atoms with Crippen LogP contribution in [0.25, 0.3) is 6.08 Å². The Labute approximate surface area is 92.0 Å². The van der Waals surface area contributed by atoms with Gasteiger partial charge in [0.25, 0.3) is 5.91 Å². The first kappa shape index (κ1) is 10.5. The molecule has 82 valence electrons. The molecular formula is C12H10FNO2. The Balaban J connectivity index is 2.32. The molecule has 3 nitrogen and oxygen atoms in total. The molecule has 0 aromatic heterocycles. The zero-order valence-electron chi connectivity index (χ0n) is 8.71. The van der Waals surface area contributed by atoms with E-state index in [4.69, 9.17) is 0 Å². The number of imide groups is 1. The first-order valence-corrected chi connectivity index (χ1v) is 4.87. The topological polar surface area (TPSA) is 46.2 Å². The lowest BCUT2D eigenvalue weighted by molar-refractivity contribution is -0.124. The third-order valence-corrected chi connectivity index (χ3v) is 2.42. The summed E-state index contributed by atoms with van der Waals surface area (Å²) < 4.78 is 13.0. The molecule has 0 bridgehead atoms. The Hall–Kier alpha value is -1.97. The molecule has 2 amide bonds. The lowest BCUT2D eigenvalue weighted by Gasteiger charge is -1.99. The van der Waals surface area contributed by atoms with E-state index in [1.165, 1.54) is 6.07 Å². The lowest BCUT2D eigenvalue weighted by atomic mass is 10.1. The molecule has 0 unspecified atom stereocenters. The van der Waals surface area contributed by atoms with Crippen LogP contribution in [0.3, 0.4) is 0 Å². The molecule has 1 aliphatic heterocycles. The van der Waals surface area contributed by atoms with E-state index in [1.807, 2.05) is 0 Å². The molecule has 2 rings (SSSR count). The van der Waals surface area contributed by atoms with Crippen LogP contribution in [0, 0.1) is 12.7 Å². The largest absolute Gasteiger partial charge is 0.292 e. The molecule has 0 radical (unpaired) electrons. The molecule has 1 fully saturated rings. The number of hydrogen-bond acceptors (Lipinski definition) is 2. The summed E-state index contributed by atoms with van der Waals surface area (Å²) in [5.74, 6) is -0.948. The van der Waals surface area contributed by atoms with Crippen LogP contribution in [0.1, 0.15) is 17.5 Å². The first-order valence-electron chi connectivity index (χ1n) is 4.87. The lowest BCUT2D eigenvalue weighted by Crippen LogP contribution is -2.19. The average Bonchev–Trinajstić information content (AvgIpc) is 2.51. The van der Waals surface area contributed by atoms with Gasteiger partial charge in [0.2, 0.25) is 5.91 Å². The molecule has 1 heterocycles. The number of aryl methyl sites for hydroxylation is 1. The number of carbonyl (C=O) groups excluding carboxylic acids is 2. The third kappa shape index (κ3) is 2.00. The predicted octanol–water partition coefficient (Wildman–Crippen LogP) is 1.56. The smallest absolute Gasteiger partial charge is 0.254 e. The van der Waals surface area contributed by atoms with Gasteiger partial charge in [-0.25, -0.2) is 4.39 Å². The highest BCUT2D eigenvalue weighted by Gasteiger charge is 2.23. The van der Waals surface area contributed by atoms with Crippen molar-refractivity contribution in [3.05, 3.63) is 40.7 Å². The Morgan fingerprint density at radius 3 is 2.69 bits per heavy atom. The van der Waals surface area contributed by atoms with Gasteiger partial charge in [0.1, 0.15) is 5.82 Å². The number of rotatable bonds is 1. The fourth-order valence-electron chi connectivity index (χ4n) is 1.58. The summed E-state index contributed by atoms with van der Waals surface area (Å²) in [6.07, 6.45) is 1.70. The zero-order chi connectivity index (χ0) is 11.7. The Morgan fingerprint density at radius 2 is 2.12 bits per heavy atom. The van der Waals surface area contributed by atoms with E-state index in [-0.39, 0.29) is 24.1 Å². The van der Waals surface area contributed by atoms with E-state index in [0.717, 1.165) is 5.56 Å². The Bertz CT molecular complexity index is 506. The number of amides is 2. The number of benzene rings is 1. The van der Waals surface area contributed by atoms with Crippen LogP contribution in [0.5, 0.6) is 0 Å². The highest BCUT2D eigenvalue weighted by atomic mass is 19.1. The van der Waals surface area contributed by atoms with E-state index >= 15 is 0 Å². The Kier molecular flexibility index (Phi) is 2.56. The van der Waals surface area contributed by atoms with Crippen LogP contribution in [0.15, 0.2) is 23.8 Å². The molecular weight excluding hydrogens is 209 g/mol. The molecule has 1 N–H and O–H groups in total. The highest BCUT2D eigenvalue weighted by molar-refractivity contribution is 6.15. The van der Waals surface area contributed by atoms with Gasteiger partial charge in [-0.2, -0.15) is 0 Å². The van der Waals surface area contributed by atoms with Crippen LogP contribution in [-0.2, 0) is 9.59 Å². The minimum absolute atomic E-state index is 0.0925. The normalized spacial score (nSPS) is 18.0. The second-order valence-electron chi connectivity index (χ2n) is 3.73. The highest BCUT2D eigenvalue weighted by Crippen LogP contribution is 2.16. The zero-order valence-corrected chi connectivity index (χ0v) is 8.71. The van der Waals surface area contributed by atoms with Crippen molar-refractivity contribution >= 4 is 17.9 Å². The maximum absolute atomic E-state index is 13.0. The van der Waals surface area contributed by atoms with E-state index in [2.05, 4.69) is 5.32 Å². The van der Waals surface area contributed by atoms with Crippen molar-refractivity contribution in [3.8, 4) is 0 Å². The third-order valence-electron chi connectivity index (χ3n) is 2.42. The van der Waals surface area contributed by atoms with Gasteiger partial charge >= 0.3 is 0 Å². The van der Waals surface area contributed by atoms with Crippen LogP contribution in [-0.4, -0.2) is 11.8 Å². The quantitative estimate of drug-likeness (QED) is 0.575. The summed E-state index contributed by atoms with van der Waals surface area (Å²) in [6, 6.07) is 4.56. The molecule has 0 aliphatic carbocycles. The van der Waals surface area contributed by atoms with Gasteiger partial charge in [0.15, 0.2) is 0 Å². The maximum Gasteiger partial charge on any atom is 0.254 e. The molecule has 1 aromatic rings. The fraction of sp³-hybridized carbons (Fsp3) is 0.167. The number of carbonyl (C=O) groups is 2. The second kappa shape index (κ2) is 3.89. The van der Waals surface area contributed by atoms with Gasteiger partial charge in [-0.05, 0) is 36.3 Å². The summed E-state index contributed by atoms with van der Waals surface area (Å²) in [6.45, 7) is 1.65. The number of hydrogen-bond donors (Lipinski definition) is 1. The molecule has 0 atom stereocenters. The summed E-state index contributed by atoms with van der Waals surface area (Å²) >= 11 is 0. The van der Waals surface area contributed by atoms with Crippen molar-refractivity contribution in [2.75, 3.05) is 0 Å². The minimum atomic E-state index is -0.369. The van der Waals surface area contributed by atoms with Gasteiger partial charge in [0, 0.05) is 5.57 Å². The van der Waals surface area contributed by atoms with Crippen molar-refractivity contribution in [3.63, 3.8) is 0 Å². The number of nitrogens with one attached hydrogen (secondary N) is 1. The first-order chi connectivity index (χ1) is 7.56. The van der Waals surface area contributed by atoms with Crippen molar-refractivity contribution < 1.29 is 14.0 Å². The number of halogens is 1. The molecule has 4 heteroatoms. The van der Waals surface area contributed by atoms with E-state index in [9.17, 15) is 14.0 Å².